The van der Waals surface area contributed by atoms with Crippen LogP contribution in [-0.4, -0.2) is 14.5 Å². The summed E-state index contributed by atoms with van der Waals surface area (Å²) in [4.78, 5) is 14.4. The highest BCUT2D eigenvalue weighted by atomic mass is 16.6. The second-order valence-corrected chi connectivity index (χ2v) is 5.13. The van der Waals surface area contributed by atoms with Gasteiger partial charge in [0.25, 0.3) is 5.69 Å². The van der Waals surface area contributed by atoms with Crippen LogP contribution < -0.4 is 4.74 Å². The summed E-state index contributed by atoms with van der Waals surface area (Å²) in [7, 11) is 0. The molecule has 6 heteroatoms. The highest BCUT2D eigenvalue weighted by Crippen LogP contribution is 2.27. The van der Waals surface area contributed by atoms with Crippen molar-refractivity contribution >= 4 is 11.4 Å². The van der Waals surface area contributed by atoms with Gasteiger partial charge in [-0.1, -0.05) is 30.8 Å². The van der Waals surface area contributed by atoms with E-state index in [2.05, 4.69) is 11.6 Å². The molecule has 24 heavy (non-hydrogen) atoms. The lowest BCUT2D eigenvalue weighted by Gasteiger charge is -2.13. The molecule has 0 atom stereocenters. The van der Waals surface area contributed by atoms with Crippen molar-refractivity contribution < 1.29 is 9.66 Å². The molecule has 6 nitrogen and oxygen atoms in total. The van der Waals surface area contributed by atoms with E-state index in [4.69, 9.17) is 4.74 Å². The third-order valence-electron chi connectivity index (χ3n) is 3.53. The largest absolute Gasteiger partial charge is 0.488 e. The molecule has 3 rings (SSSR count). The van der Waals surface area contributed by atoms with E-state index in [-0.39, 0.29) is 12.3 Å². The van der Waals surface area contributed by atoms with Gasteiger partial charge in [0.1, 0.15) is 12.4 Å². The summed E-state index contributed by atoms with van der Waals surface area (Å²) in [6.45, 7) is 4.31. The number of nitrogens with zero attached hydrogens (tertiary/aromatic N) is 3. The number of nitro benzene ring substituents is 1. The predicted octanol–water partition coefficient (Wildman–Crippen LogP) is 3.89. The number of non-ortho nitro benzene ring substituents is 1. The van der Waals surface area contributed by atoms with Gasteiger partial charge in [0.15, 0.2) is 0 Å². The fourth-order valence-electron chi connectivity index (χ4n) is 2.31. The smallest absolute Gasteiger partial charge is 0.269 e. The van der Waals surface area contributed by atoms with Crippen LogP contribution in [0.25, 0.3) is 5.70 Å². The Bertz CT molecular complexity index is 873. The Hall–Kier alpha value is -3.41. The van der Waals surface area contributed by atoms with Crippen LogP contribution in [0.1, 0.15) is 11.1 Å². The van der Waals surface area contributed by atoms with Gasteiger partial charge in [0.2, 0.25) is 0 Å². The number of rotatable bonds is 6. The lowest BCUT2D eigenvalue weighted by atomic mass is 10.1. The molecule has 0 fully saturated rings. The number of hydrogen-bond acceptors (Lipinski definition) is 4. The molecule has 0 aliphatic rings. The fourth-order valence-corrected chi connectivity index (χ4v) is 2.31. The summed E-state index contributed by atoms with van der Waals surface area (Å²) in [5, 5.41) is 10.8. The summed E-state index contributed by atoms with van der Waals surface area (Å²) in [5.74, 6) is 0.655. The van der Waals surface area contributed by atoms with Crippen LogP contribution in [0.4, 0.5) is 5.69 Å². The van der Waals surface area contributed by atoms with Gasteiger partial charge in [-0.2, -0.15) is 0 Å². The van der Waals surface area contributed by atoms with Crippen molar-refractivity contribution in [2.24, 2.45) is 0 Å². The van der Waals surface area contributed by atoms with E-state index in [0.29, 0.717) is 5.75 Å². The third kappa shape index (κ3) is 3.33. The molecule has 3 aromatic rings. The molecule has 2 aromatic carbocycles. The first-order chi connectivity index (χ1) is 11.6. The Labute approximate surface area is 138 Å². The van der Waals surface area contributed by atoms with E-state index in [1.165, 1.54) is 12.1 Å². The van der Waals surface area contributed by atoms with Crippen molar-refractivity contribution in [1.29, 1.82) is 0 Å². The average Bonchev–Trinajstić information content (AvgIpc) is 3.14. The number of imidazole rings is 1. The number of ether oxygens (including phenoxy) is 1. The molecule has 1 aromatic heterocycles. The molecular weight excluding hydrogens is 306 g/mol. The molecule has 0 spiro atoms. The second kappa shape index (κ2) is 6.78. The first kappa shape index (κ1) is 15.5. The van der Waals surface area contributed by atoms with E-state index >= 15 is 0 Å². The standard InChI is InChI=1S/C18H15N3O3/c1-14(20-10-9-19-13-20)17-7-2-3-8-18(17)24-12-15-5-4-6-16(11-15)21(22)23/h2-11,13H,1,12H2. The molecule has 0 saturated heterocycles. The minimum Gasteiger partial charge on any atom is -0.488 e. The van der Waals surface area contributed by atoms with E-state index < -0.39 is 4.92 Å². The van der Waals surface area contributed by atoms with Crippen molar-refractivity contribution in [2.45, 2.75) is 6.61 Å². The first-order valence-corrected chi connectivity index (χ1v) is 7.28. The molecule has 0 radical (unpaired) electrons. The second-order valence-electron chi connectivity index (χ2n) is 5.13. The molecule has 0 aliphatic carbocycles. The Morgan fingerprint density at radius 3 is 2.83 bits per heavy atom. The van der Waals surface area contributed by atoms with E-state index in [1.807, 2.05) is 24.3 Å². The maximum absolute atomic E-state index is 10.8. The zero-order valence-corrected chi connectivity index (χ0v) is 12.8. The Morgan fingerprint density at radius 1 is 1.25 bits per heavy atom. The Morgan fingerprint density at radius 2 is 2.08 bits per heavy atom. The van der Waals surface area contributed by atoms with Gasteiger partial charge >= 0.3 is 0 Å². The highest BCUT2D eigenvalue weighted by molar-refractivity contribution is 5.68. The van der Waals surface area contributed by atoms with Gasteiger partial charge in [-0.15, -0.1) is 0 Å². The number of hydrogen-bond donors (Lipinski definition) is 0. The average molecular weight is 321 g/mol. The van der Waals surface area contributed by atoms with Gasteiger partial charge in [0, 0.05) is 30.1 Å². The first-order valence-electron chi connectivity index (χ1n) is 7.28. The van der Waals surface area contributed by atoms with Crippen molar-refractivity contribution in [2.75, 3.05) is 0 Å². The van der Waals surface area contributed by atoms with Gasteiger partial charge in [0.05, 0.1) is 16.9 Å². The molecule has 0 N–H and O–H groups in total. The number of nitro groups is 1. The maximum Gasteiger partial charge on any atom is 0.269 e. The lowest BCUT2D eigenvalue weighted by molar-refractivity contribution is -0.384. The zero-order chi connectivity index (χ0) is 16.9. The maximum atomic E-state index is 10.8. The third-order valence-corrected chi connectivity index (χ3v) is 3.53. The van der Waals surface area contributed by atoms with Gasteiger partial charge in [-0.25, -0.2) is 4.98 Å². The Balaban J connectivity index is 1.80. The molecule has 0 saturated carbocycles. The van der Waals surface area contributed by atoms with Crippen LogP contribution in [0.5, 0.6) is 5.75 Å². The summed E-state index contributed by atoms with van der Waals surface area (Å²) < 4.78 is 7.66. The lowest BCUT2D eigenvalue weighted by Crippen LogP contribution is -2.01. The van der Waals surface area contributed by atoms with E-state index in [1.54, 1.807) is 35.4 Å². The SMILES string of the molecule is C=C(c1ccccc1OCc1cccc([N+](=O)[O-])c1)n1ccnc1. The normalized spacial score (nSPS) is 10.3. The van der Waals surface area contributed by atoms with Crippen molar-refractivity contribution in [1.82, 2.24) is 9.55 Å². The van der Waals surface area contributed by atoms with Gasteiger partial charge in [-0.05, 0) is 17.7 Å². The van der Waals surface area contributed by atoms with Gasteiger partial charge in [-0.3, -0.25) is 10.1 Å². The Kier molecular flexibility index (Phi) is 4.38. The molecule has 0 aliphatic heterocycles. The number of benzene rings is 2. The molecular formula is C18H15N3O3. The minimum atomic E-state index is -0.418. The molecule has 0 bridgehead atoms. The van der Waals surface area contributed by atoms with Crippen molar-refractivity contribution in [3.63, 3.8) is 0 Å². The number of aromatic nitrogens is 2. The number of para-hydroxylation sites is 1. The van der Waals surface area contributed by atoms with Crippen LogP contribution in [0, 0.1) is 10.1 Å². The topological polar surface area (TPSA) is 70.2 Å². The van der Waals surface area contributed by atoms with Crippen LogP contribution in [0.15, 0.2) is 73.8 Å². The quantitative estimate of drug-likeness (QED) is 0.510. The molecule has 120 valence electrons. The predicted molar refractivity (Wildman–Crippen MR) is 90.5 cm³/mol. The fraction of sp³-hybridized carbons (Fsp3) is 0.0556. The molecule has 0 amide bonds. The zero-order valence-electron chi connectivity index (χ0n) is 12.8. The highest BCUT2D eigenvalue weighted by Gasteiger charge is 2.10. The summed E-state index contributed by atoms with van der Waals surface area (Å²) >= 11 is 0. The van der Waals surface area contributed by atoms with Crippen LogP contribution in [-0.2, 0) is 6.61 Å². The monoisotopic (exact) mass is 321 g/mol. The van der Waals surface area contributed by atoms with Crippen molar-refractivity contribution in [3.8, 4) is 5.75 Å². The van der Waals surface area contributed by atoms with E-state index in [0.717, 1.165) is 16.8 Å². The molecule has 1 heterocycles. The summed E-state index contributed by atoms with van der Waals surface area (Å²) in [5.41, 5.74) is 2.35. The van der Waals surface area contributed by atoms with Gasteiger partial charge < -0.3 is 9.30 Å². The summed E-state index contributed by atoms with van der Waals surface area (Å²) in [6.07, 6.45) is 5.15. The molecule has 0 unspecified atom stereocenters. The van der Waals surface area contributed by atoms with Crippen LogP contribution >= 0.6 is 0 Å². The van der Waals surface area contributed by atoms with Crippen molar-refractivity contribution in [3.05, 3.63) is 95.1 Å². The minimum absolute atomic E-state index is 0.0483. The van der Waals surface area contributed by atoms with E-state index in [9.17, 15) is 10.1 Å². The summed E-state index contributed by atoms with van der Waals surface area (Å²) in [6, 6.07) is 13.9. The van der Waals surface area contributed by atoms with Crippen LogP contribution in [0.2, 0.25) is 0 Å². The van der Waals surface area contributed by atoms with Crippen LogP contribution in [0.3, 0.4) is 0 Å².